The largest absolute Gasteiger partial charge is 0.497 e. The van der Waals surface area contributed by atoms with Gasteiger partial charge < -0.3 is 14.4 Å². The van der Waals surface area contributed by atoms with Crippen LogP contribution in [0.4, 0.5) is 0 Å². The number of nitrogens with zero attached hydrogens (tertiary/aromatic N) is 1. The summed E-state index contributed by atoms with van der Waals surface area (Å²) in [7, 11) is 3.22. The molecule has 0 aliphatic carbocycles. The lowest BCUT2D eigenvalue weighted by Gasteiger charge is -2.26. The zero-order chi connectivity index (χ0) is 19.4. The Hall–Kier alpha value is -2.82. The molecule has 142 valence electrons. The van der Waals surface area contributed by atoms with Gasteiger partial charge >= 0.3 is 0 Å². The summed E-state index contributed by atoms with van der Waals surface area (Å²) in [4.78, 5) is 26.6. The topological polar surface area (TPSA) is 55.8 Å². The number of ketones is 1. The van der Waals surface area contributed by atoms with Crippen LogP contribution in [0.5, 0.6) is 11.5 Å². The van der Waals surface area contributed by atoms with Crippen LogP contribution in [0.1, 0.15) is 47.3 Å². The number of carbonyl (C=O) groups is 2. The van der Waals surface area contributed by atoms with Gasteiger partial charge in [-0.3, -0.25) is 9.59 Å². The Balaban J connectivity index is 1.80. The summed E-state index contributed by atoms with van der Waals surface area (Å²) in [5, 5.41) is 0. The molecule has 1 amide bonds. The van der Waals surface area contributed by atoms with Crippen molar-refractivity contribution in [3.05, 3.63) is 59.2 Å². The van der Waals surface area contributed by atoms with Gasteiger partial charge in [0, 0.05) is 17.7 Å². The van der Waals surface area contributed by atoms with Crippen molar-refractivity contribution in [2.24, 2.45) is 0 Å². The van der Waals surface area contributed by atoms with E-state index >= 15 is 0 Å². The molecule has 27 heavy (non-hydrogen) atoms. The van der Waals surface area contributed by atoms with E-state index in [1.807, 2.05) is 29.2 Å². The number of carbonyl (C=O) groups excluding carboxylic acids is 2. The van der Waals surface area contributed by atoms with E-state index in [2.05, 4.69) is 0 Å². The van der Waals surface area contributed by atoms with Gasteiger partial charge in [0.15, 0.2) is 5.78 Å². The number of benzene rings is 2. The summed E-state index contributed by atoms with van der Waals surface area (Å²) in [6.07, 6.45) is 2.15. The second-order valence-electron chi connectivity index (χ2n) is 6.78. The van der Waals surface area contributed by atoms with Gasteiger partial charge in [0.25, 0.3) is 0 Å². The average Bonchev–Trinajstić information content (AvgIpc) is 3.18. The molecule has 0 N–H and O–H groups in total. The van der Waals surface area contributed by atoms with Gasteiger partial charge in [-0.25, -0.2) is 0 Å². The minimum Gasteiger partial charge on any atom is -0.497 e. The molecule has 1 aliphatic rings. The molecule has 1 heterocycles. The van der Waals surface area contributed by atoms with E-state index in [1.165, 1.54) is 6.92 Å². The van der Waals surface area contributed by atoms with Gasteiger partial charge in [-0.15, -0.1) is 0 Å². The van der Waals surface area contributed by atoms with Crippen molar-refractivity contribution >= 4 is 11.7 Å². The first-order valence-electron chi connectivity index (χ1n) is 9.14. The minimum absolute atomic E-state index is 0.0244. The van der Waals surface area contributed by atoms with Crippen molar-refractivity contribution < 1.29 is 19.1 Å². The van der Waals surface area contributed by atoms with Gasteiger partial charge in [-0.2, -0.15) is 0 Å². The first-order valence-corrected chi connectivity index (χ1v) is 9.14. The number of likely N-dealkylation sites (tertiary alicyclic amines) is 1. The number of hydrogen-bond acceptors (Lipinski definition) is 4. The lowest BCUT2D eigenvalue weighted by Crippen LogP contribution is -2.32. The van der Waals surface area contributed by atoms with Crippen molar-refractivity contribution in [2.45, 2.75) is 32.2 Å². The molecule has 5 nitrogen and oxygen atoms in total. The number of hydrogen-bond donors (Lipinski definition) is 0. The highest BCUT2D eigenvalue weighted by molar-refractivity contribution is 5.94. The maximum Gasteiger partial charge on any atom is 0.227 e. The number of Topliss-reactive ketones (excluding diaryl/α,β-unsaturated/α-hetero) is 1. The van der Waals surface area contributed by atoms with Crippen LogP contribution in [0.2, 0.25) is 0 Å². The first kappa shape index (κ1) is 19.0. The number of ether oxygens (including phenoxy) is 2. The second kappa shape index (κ2) is 8.25. The fourth-order valence-electron chi connectivity index (χ4n) is 3.64. The molecule has 0 spiro atoms. The lowest BCUT2D eigenvalue weighted by atomic mass is 10.0. The normalized spacial score (nSPS) is 16.3. The van der Waals surface area contributed by atoms with Gasteiger partial charge in [-0.05, 0) is 55.7 Å². The molecule has 1 saturated heterocycles. The Labute approximate surface area is 159 Å². The number of methoxy groups -OCH3 is 2. The zero-order valence-corrected chi connectivity index (χ0v) is 16.0. The van der Waals surface area contributed by atoms with Crippen molar-refractivity contribution in [3.8, 4) is 11.5 Å². The van der Waals surface area contributed by atoms with E-state index in [-0.39, 0.29) is 24.2 Å². The van der Waals surface area contributed by atoms with Crippen molar-refractivity contribution in [1.29, 1.82) is 0 Å². The van der Waals surface area contributed by atoms with Gasteiger partial charge in [0.2, 0.25) is 5.91 Å². The SMILES string of the molecule is COc1ccc(C2CCCN2C(=O)Cc2cc(C(C)=O)ccc2OC)cc1. The van der Waals surface area contributed by atoms with E-state index in [0.29, 0.717) is 11.3 Å². The summed E-state index contributed by atoms with van der Waals surface area (Å²) in [5.74, 6) is 1.46. The Morgan fingerprint density at radius 3 is 2.44 bits per heavy atom. The third-order valence-corrected chi connectivity index (χ3v) is 5.10. The van der Waals surface area contributed by atoms with E-state index in [0.717, 1.165) is 36.3 Å². The van der Waals surface area contributed by atoms with Crippen LogP contribution in [0.3, 0.4) is 0 Å². The molecule has 3 rings (SSSR count). The van der Waals surface area contributed by atoms with Crippen molar-refractivity contribution in [2.75, 3.05) is 20.8 Å². The van der Waals surface area contributed by atoms with E-state index < -0.39 is 0 Å². The average molecular weight is 367 g/mol. The fourth-order valence-corrected chi connectivity index (χ4v) is 3.64. The van der Waals surface area contributed by atoms with Crippen LogP contribution in [-0.4, -0.2) is 37.4 Å². The van der Waals surface area contributed by atoms with E-state index in [9.17, 15) is 9.59 Å². The fraction of sp³-hybridized carbons (Fsp3) is 0.364. The van der Waals surface area contributed by atoms with Crippen molar-refractivity contribution in [3.63, 3.8) is 0 Å². The van der Waals surface area contributed by atoms with Gasteiger partial charge in [-0.1, -0.05) is 12.1 Å². The van der Waals surface area contributed by atoms with Crippen LogP contribution in [-0.2, 0) is 11.2 Å². The van der Waals surface area contributed by atoms with E-state index in [1.54, 1.807) is 32.4 Å². The third kappa shape index (κ3) is 4.13. The Kier molecular flexibility index (Phi) is 5.79. The minimum atomic E-state index is -0.0244. The third-order valence-electron chi connectivity index (χ3n) is 5.10. The van der Waals surface area contributed by atoms with Crippen LogP contribution in [0, 0.1) is 0 Å². The number of amides is 1. The smallest absolute Gasteiger partial charge is 0.227 e. The highest BCUT2D eigenvalue weighted by Gasteiger charge is 2.30. The molecule has 0 saturated carbocycles. The first-order chi connectivity index (χ1) is 13.0. The molecular weight excluding hydrogens is 342 g/mol. The van der Waals surface area contributed by atoms with Crippen LogP contribution in [0.25, 0.3) is 0 Å². The zero-order valence-electron chi connectivity index (χ0n) is 16.0. The maximum absolute atomic E-state index is 13.0. The van der Waals surface area contributed by atoms with E-state index in [4.69, 9.17) is 9.47 Å². The predicted molar refractivity (Wildman–Crippen MR) is 103 cm³/mol. The van der Waals surface area contributed by atoms with Crippen molar-refractivity contribution in [1.82, 2.24) is 4.90 Å². The standard InChI is InChI=1S/C22H25NO4/c1-15(24)17-8-11-21(27-3)18(13-17)14-22(25)23-12-4-5-20(23)16-6-9-19(26-2)10-7-16/h6-11,13,20H,4-5,12,14H2,1-3H3. The summed E-state index contributed by atoms with van der Waals surface area (Å²) in [6, 6.07) is 13.2. The van der Waals surface area contributed by atoms with Crippen LogP contribution in [0.15, 0.2) is 42.5 Å². The monoisotopic (exact) mass is 367 g/mol. The number of rotatable bonds is 6. The van der Waals surface area contributed by atoms with Crippen LogP contribution >= 0.6 is 0 Å². The molecule has 1 aliphatic heterocycles. The van der Waals surface area contributed by atoms with Gasteiger partial charge in [0.1, 0.15) is 11.5 Å². The molecule has 2 aromatic rings. The molecular formula is C22H25NO4. The summed E-state index contributed by atoms with van der Waals surface area (Å²) < 4.78 is 10.6. The quantitative estimate of drug-likeness (QED) is 0.729. The molecule has 0 aromatic heterocycles. The van der Waals surface area contributed by atoms with Gasteiger partial charge in [0.05, 0.1) is 26.7 Å². The summed E-state index contributed by atoms with van der Waals surface area (Å²) in [6.45, 7) is 2.26. The Morgan fingerprint density at radius 1 is 1.07 bits per heavy atom. The highest BCUT2D eigenvalue weighted by atomic mass is 16.5. The lowest BCUT2D eigenvalue weighted by molar-refractivity contribution is -0.131. The molecule has 1 atom stereocenters. The Bertz CT molecular complexity index is 829. The molecule has 1 unspecified atom stereocenters. The summed E-state index contributed by atoms with van der Waals surface area (Å²) in [5.41, 5.74) is 2.45. The molecule has 0 bridgehead atoms. The summed E-state index contributed by atoms with van der Waals surface area (Å²) >= 11 is 0. The van der Waals surface area contributed by atoms with Crippen LogP contribution < -0.4 is 9.47 Å². The second-order valence-corrected chi connectivity index (χ2v) is 6.78. The highest BCUT2D eigenvalue weighted by Crippen LogP contribution is 2.34. The molecule has 0 radical (unpaired) electrons. The Morgan fingerprint density at radius 2 is 1.81 bits per heavy atom. The molecule has 5 heteroatoms. The maximum atomic E-state index is 13.0. The predicted octanol–water partition coefficient (Wildman–Crippen LogP) is 3.81. The molecule has 2 aromatic carbocycles. The molecule has 1 fully saturated rings.